The Morgan fingerprint density at radius 1 is 1.37 bits per heavy atom. The van der Waals surface area contributed by atoms with Gasteiger partial charge in [0.15, 0.2) is 0 Å². The molecule has 1 atom stereocenters. The highest BCUT2D eigenvalue weighted by Gasteiger charge is 2.28. The Morgan fingerprint density at radius 2 is 2.11 bits per heavy atom. The van der Waals surface area contributed by atoms with E-state index in [1.54, 1.807) is 23.1 Å². The molecule has 0 saturated carbocycles. The van der Waals surface area contributed by atoms with Gasteiger partial charge in [0.1, 0.15) is 0 Å². The normalized spacial score (nSPS) is 19.2. The largest absolute Gasteiger partial charge is 0.398 e. The van der Waals surface area contributed by atoms with Crippen LogP contribution in [0.15, 0.2) is 22.7 Å². The van der Waals surface area contributed by atoms with Gasteiger partial charge >= 0.3 is 0 Å². The average molecular weight is 326 g/mol. The zero-order chi connectivity index (χ0) is 14.0. The third-order valence-electron chi connectivity index (χ3n) is 3.35. The lowest BCUT2D eigenvalue weighted by atomic mass is 9.96. The molecule has 0 aliphatic carbocycles. The summed E-state index contributed by atoms with van der Waals surface area (Å²) in [5.41, 5.74) is 12.1. The molecule has 1 aliphatic rings. The molecule has 1 aromatic rings. The quantitative estimate of drug-likeness (QED) is 0.805. The van der Waals surface area contributed by atoms with Gasteiger partial charge in [-0.2, -0.15) is 0 Å². The maximum Gasteiger partial charge on any atom is 0.255 e. The topological polar surface area (TPSA) is 89.4 Å². The van der Waals surface area contributed by atoms with E-state index < -0.39 is 0 Å². The number of benzene rings is 1. The standard InChI is InChI=1S/C13H16BrN3O2/c14-9-3-4-10(11(15)6-9)13(19)17-5-1-2-8(7-17)12(16)18/h3-4,6,8H,1-2,5,7,15H2,(H2,16,18). The van der Waals surface area contributed by atoms with Crippen molar-refractivity contribution >= 4 is 33.4 Å². The van der Waals surface area contributed by atoms with E-state index in [9.17, 15) is 9.59 Å². The van der Waals surface area contributed by atoms with Crippen molar-refractivity contribution in [2.24, 2.45) is 11.7 Å². The van der Waals surface area contributed by atoms with Crippen molar-refractivity contribution in [1.82, 2.24) is 4.90 Å². The van der Waals surface area contributed by atoms with E-state index >= 15 is 0 Å². The smallest absolute Gasteiger partial charge is 0.255 e. The first kappa shape index (κ1) is 13.9. The molecule has 102 valence electrons. The molecule has 0 spiro atoms. The molecule has 0 radical (unpaired) electrons. The summed E-state index contributed by atoms with van der Waals surface area (Å²) in [6, 6.07) is 5.16. The number of rotatable bonds is 2. The Kier molecular flexibility index (Phi) is 4.09. The number of hydrogen-bond donors (Lipinski definition) is 2. The first-order chi connectivity index (χ1) is 8.99. The van der Waals surface area contributed by atoms with Crippen LogP contribution >= 0.6 is 15.9 Å². The molecule has 1 aliphatic heterocycles. The third-order valence-corrected chi connectivity index (χ3v) is 3.85. The van der Waals surface area contributed by atoms with Crippen molar-refractivity contribution in [2.45, 2.75) is 12.8 Å². The Morgan fingerprint density at radius 3 is 2.74 bits per heavy atom. The molecule has 19 heavy (non-hydrogen) atoms. The second-order valence-electron chi connectivity index (χ2n) is 4.72. The number of nitrogens with zero attached hydrogens (tertiary/aromatic N) is 1. The molecule has 2 amide bonds. The van der Waals surface area contributed by atoms with Crippen molar-refractivity contribution < 1.29 is 9.59 Å². The van der Waals surface area contributed by atoms with Crippen LogP contribution in [0.25, 0.3) is 0 Å². The molecule has 1 heterocycles. The minimum atomic E-state index is -0.346. The van der Waals surface area contributed by atoms with E-state index in [1.807, 2.05) is 0 Å². The van der Waals surface area contributed by atoms with Crippen LogP contribution in [0.3, 0.4) is 0 Å². The molecule has 1 saturated heterocycles. The van der Waals surface area contributed by atoms with Crippen LogP contribution in [0, 0.1) is 5.92 Å². The SMILES string of the molecule is NC(=O)C1CCCN(C(=O)c2ccc(Br)cc2N)C1. The van der Waals surface area contributed by atoms with Crippen molar-refractivity contribution in [3.8, 4) is 0 Å². The highest BCUT2D eigenvalue weighted by molar-refractivity contribution is 9.10. The van der Waals surface area contributed by atoms with Crippen molar-refractivity contribution in [2.75, 3.05) is 18.8 Å². The number of carbonyl (C=O) groups is 2. The summed E-state index contributed by atoms with van der Waals surface area (Å²) in [5.74, 6) is -0.744. The number of hydrogen-bond acceptors (Lipinski definition) is 3. The fourth-order valence-electron chi connectivity index (χ4n) is 2.29. The molecule has 1 fully saturated rings. The van der Waals surface area contributed by atoms with Crippen LogP contribution in [0.2, 0.25) is 0 Å². The van der Waals surface area contributed by atoms with Crippen molar-refractivity contribution in [1.29, 1.82) is 0 Å². The van der Waals surface area contributed by atoms with Gasteiger partial charge in [0.25, 0.3) is 5.91 Å². The van der Waals surface area contributed by atoms with Gasteiger partial charge in [0.05, 0.1) is 11.5 Å². The summed E-state index contributed by atoms with van der Waals surface area (Å²) in [7, 11) is 0. The van der Waals surface area contributed by atoms with Crippen LogP contribution in [-0.2, 0) is 4.79 Å². The number of likely N-dealkylation sites (tertiary alicyclic amines) is 1. The lowest BCUT2D eigenvalue weighted by molar-refractivity contribution is -0.123. The van der Waals surface area contributed by atoms with Crippen LogP contribution in [0.5, 0.6) is 0 Å². The summed E-state index contributed by atoms with van der Waals surface area (Å²) in [5, 5.41) is 0. The predicted octanol–water partition coefficient (Wildman–Crippen LogP) is 1.37. The van der Waals surface area contributed by atoms with E-state index in [1.165, 1.54) is 0 Å². The molecule has 6 heteroatoms. The summed E-state index contributed by atoms with van der Waals surface area (Å²) < 4.78 is 0.829. The maximum absolute atomic E-state index is 12.4. The minimum Gasteiger partial charge on any atom is -0.398 e. The molecule has 2 rings (SSSR count). The first-order valence-corrected chi connectivity index (χ1v) is 6.92. The fourth-order valence-corrected chi connectivity index (χ4v) is 2.67. The number of halogens is 1. The van der Waals surface area contributed by atoms with Gasteiger partial charge in [-0.1, -0.05) is 15.9 Å². The van der Waals surface area contributed by atoms with Crippen LogP contribution in [-0.4, -0.2) is 29.8 Å². The van der Waals surface area contributed by atoms with Crippen LogP contribution < -0.4 is 11.5 Å². The molecule has 0 aromatic heterocycles. The monoisotopic (exact) mass is 325 g/mol. The lowest BCUT2D eigenvalue weighted by Crippen LogP contribution is -2.44. The molecule has 1 unspecified atom stereocenters. The number of nitrogen functional groups attached to an aromatic ring is 1. The maximum atomic E-state index is 12.4. The van der Waals surface area contributed by atoms with Gasteiger partial charge in [-0.25, -0.2) is 0 Å². The molecule has 0 bridgehead atoms. The molecular formula is C13H16BrN3O2. The number of anilines is 1. The van der Waals surface area contributed by atoms with Gasteiger partial charge < -0.3 is 16.4 Å². The van der Waals surface area contributed by atoms with E-state index in [0.717, 1.165) is 17.3 Å². The predicted molar refractivity (Wildman–Crippen MR) is 76.4 cm³/mol. The first-order valence-electron chi connectivity index (χ1n) is 6.12. The number of nitrogens with two attached hydrogens (primary N) is 2. The van der Waals surface area contributed by atoms with E-state index in [-0.39, 0.29) is 17.7 Å². The van der Waals surface area contributed by atoms with Crippen molar-refractivity contribution in [3.63, 3.8) is 0 Å². The minimum absolute atomic E-state index is 0.143. The number of piperidine rings is 1. The Labute approximate surface area is 120 Å². The second kappa shape index (κ2) is 5.61. The zero-order valence-corrected chi connectivity index (χ0v) is 12.0. The van der Waals surface area contributed by atoms with E-state index in [2.05, 4.69) is 15.9 Å². The summed E-state index contributed by atoms with van der Waals surface area (Å²) in [6.07, 6.45) is 1.53. The Balaban J connectivity index is 2.17. The van der Waals surface area contributed by atoms with Gasteiger partial charge in [0.2, 0.25) is 5.91 Å². The lowest BCUT2D eigenvalue weighted by Gasteiger charge is -2.31. The summed E-state index contributed by atoms with van der Waals surface area (Å²) in [6.45, 7) is 1.02. The summed E-state index contributed by atoms with van der Waals surface area (Å²) in [4.78, 5) is 25.3. The molecular weight excluding hydrogens is 310 g/mol. The van der Waals surface area contributed by atoms with Crippen LogP contribution in [0.4, 0.5) is 5.69 Å². The molecule has 5 nitrogen and oxygen atoms in total. The Bertz CT molecular complexity index is 519. The Hall–Kier alpha value is -1.56. The number of primary amides is 1. The summed E-state index contributed by atoms with van der Waals surface area (Å²) >= 11 is 3.30. The highest BCUT2D eigenvalue weighted by Crippen LogP contribution is 2.23. The van der Waals surface area contributed by atoms with Gasteiger partial charge in [-0.15, -0.1) is 0 Å². The van der Waals surface area contributed by atoms with Crippen molar-refractivity contribution in [3.05, 3.63) is 28.2 Å². The highest BCUT2D eigenvalue weighted by atomic mass is 79.9. The fraction of sp³-hybridized carbons (Fsp3) is 0.385. The zero-order valence-electron chi connectivity index (χ0n) is 10.4. The van der Waals surface area contributed by atoms with E-state index in [4.69, 9.17) is 11.5 Å². The average Bonchev–Trinajstić information content (AvgIpc) is 2.38. The third kappa shape index (κ3) is 3.07. The molecule has 4 N–H and O–H groups in total. The van der Waals surface area contributed by atoms with E-state index in [0.29, 0.717) is 24.3 Å². The number of amides is 2. The molecule has 1 aromatic carbocycles. The van der Waals surface area contributed by atoms with Gasteiger partial charge in [-0.05, 0) is 31.0 Å². The van der Waals surface area contributed by atoms with Gasteiger partial charge in [-0.3, -0.25) is 9.59 Å². The number of carbonyl (C=O) groups excluding carboxylic acids is 2. The van der Waals surface area contributed by atoms with Gasteiger partial charge in [0, 0.05) is 23.2 Å². The second-order valence-corrected chi connectivity index (χ2v) is 5.64. The van der Waals surface area contributed by atoms with Crippen LogP contribution in [0.1, 0.15) is 23.2 Å².